The van der Waals surface area contributed by atoms with E-state index in [-0.39, 0.29) is 16.7 Å². The van der Waals surface area contributed by atoms with Gasteiger partial charge in [-0.25, -0.2) is 4.98 Å². The monoisotopic (exact) mass is 419 g/mol. The number of hydrogen-bond acceptors (Lipinski definition) is 6. The van der Waals surface area contributed by atoms with Crippen molar-refractivity contribution in [2.75, 3.05) is 4.90 Å². The van der Waals surface area contributed by atoms with Crippen molar-refractivity contribution in [3.63, 3.8) is 0 Å². The third-order valence-corrected chi connectivity index (χ3v) is 5.89. The van der Waals surface area contributed by atoms with Crippen molar-refractivity contribution in [2.45, 2.75) is 32.2 Å². The number of rotatable bonds is 3. The second kappa shape index (κ2) is 7.50. The van der Waals surface area contributed by atoms with E-state index in [0.717, 1.165) is 11.1 Å². The van der Waals surface area contributed by atoms with Gasteiger partial charge in [-0.3, -0.25) is 19.5 Å². The Morgan fingerprint density at radius 3 is 2.27 bits per heavy atom. The van der Waals surface area contributed by atoms with Gasteiger partial charge in [0.25, 0.3) is 5.78 Å². The fourth-order valence-electron chi connectivity index (χ4n) is 3.51. The minimum Gasteiger partial charge on any atom is -0.507 e. The van der Waals surface area contributed by atoms with E-state index in [1.165, 1.54) is 28.6 Å². The van der Waals surface area contributed by atoms with Gasteiger partial charge in [0, 0.05) is 29.5 Å². The van der Waals surface area contributed by atoms with Crippen LogP contribution in [0.15, 0.2) is 65.9 Å². The number of anilines is 1. The maximum absolute atomic E-state index is 13.0. The quantitative estimate of drug-likeness (QED) is 0.385. The van der Waals surface area contributed by atoms with Crippen LogP contribution >= 0.6 is 11.3 Å². The molecule has 1 N–H and O–H groups in total. The molecule has 1 aromatic carbocycles. The third kappa shape index (κ3) is 3.41. The van der Waals surface area contributed by atoms with Crippen LogP contribution in [-0.4, -0.2) is 26.8 Å². The number of aliphatic hydroxyl groups excluding tert-OH is 1. The van der Waals surface area contributed by atoms with Gasteiger partial charge >= 0.3 is 5.91 Å². The van der Waals surface area contributed by atoms with E-state index in [4.69, 9.17) is 0 Å². The van der Waals surface area contributed by atoms with Crippen molar-refractivity contribution < 1.29 is 14.7 Å². The molecule has 0 spiro atoms. The van der Waals surface area contributed by atoms with Crippen molar-refractivity contribution >= 4 is 33.9 Å². The van der Waals surface area contributed by atoms with Crippen molar-refractivity contribution in [1.82, 2.24) is 9.97 Å². The van der Waals surface area contributed by atoms with Gasteiger partial charge in [-0.2, -0.15) is 0 Å². The lowest BCUT2D eigenvalue weighted by atomic mass is 9.85. The molecule has 0 bridgehead atoms. The molecule has 7 heteroatoms. The number of aromatic nitrogens is 2. The number of ketones is 1. The summed E-state index contributed by atoms with van der Waals surface area (Å²) in [4.78, 5) is 35.5. The number of Topliss-reactive ketones (excluding diaryl/α,β-unsaturated/α-hetero) is 1. The second-order valence-corrected chi connectivity index (χ2v) is 8.96. The van der Waals surface area contributed by atoms with Crippen LogP contribution in [0.5, 0.6) is 0 Å². The van der Waals surface area contributed by atoms with Crippen LogP contribution in [0.2, 0.25) is 0 Å². The van der Waals surface area contributed by atoms with Crippen molar-refractivity contribution in [3.05, 3.63) is 82.6 Å². The van der Waals surface area contributed by atoms with Gasteiger partial charge in [0.15, 0.2) is 5.13 Å². The highest BCUT2D eigenvalue weighted by Crippen LogP contribution is 2.43. The van der Waals surface area contributed by atoms with E-state index >= 15 is 0 Å². The zero-order chi connectivity index (χ0) is 21.5. The van der Waals surface area contributed by atoms with Crippen molar-refractivity contribution in [2.24, 2.45) is 0 Å². The predicted molar refractivity (Wildman–Crippen MR) is 116 cm³/mol. The highest BCUT2D eigenvalue weighted by atomic mass is 32.1. The first kappa shape index (κ1) is 20.0. The number of benzene rings is 1. The zero-order valence-corrected chi connectivity index (χ0v) is 17.7. The van der Waals surface area contributed by atoms with Crippen LogP contribution in [-0.2, 0) is 15.0 Å². The van der Waals surface area contributed by atoms with E-state index in [1.54, 1.807) is 23.7 Å². The molecule has 1 aliphatic rings. The molecule has 3 heterocycles. The standard InChI is InChI=1S/C23H21N3O3S/c1-23(2,3)16-6-4-14(5-7-16)18-17(19(27)15-8-10-24-11-9-15)20(28)21(29)26(18)22-25-12-13-30-22/h4-13,18,27H,1-3H3. The summed E-state index contributed by atoms with van der Waals surface area (Å²) < 4.78 is 0. The van der Waals surface area contributed by atoms with Crippen LogP contribution in [0.1, 0.15) is 43.5 Å². The highest BCUT2D eigenvalue weighted by Gasteiger charge is 2.48. The van der Waals surface area contributed by atoms with Crippen LogP contribution in [0.3, 0.4) is 0 Å². The summed E-state index contributed by atoms with van der Waals surface area (Å²) in [7, 11) is 0. The summed E-state index contributed by atoms with van der Waals surface area (Å²) in [6, 6.07) is 10.2. The average Bonchev–Trinajstić information content (AvgIpc) is 3.35. The number of thiazole rings is 1. The number of carbonyl (C=O) groups is 2. The van der Waals surface area contributed by atoms with Crippen LogP contribution in [0.4, 0.5) is 5.13 Å². The molecule has 30 heavy (non-hydrogen) atoms. The summed E-state index contributed by atoms with van der Waals surface area (Å²) in [6.45, 7) is 6.35. The van der Waals surface area contributed by atoms with Gasteiger partial charge in [-0.15, -0.1) is 11.3 Å². The molecule has 152 valence electrons. The van der Waals surface area contributed by atoms with E-state index in [1.807, 2.05) is 24.3 Å². The molecule has 2 aromatic heterocycles. The minimum atomic E-state index is -0.765. The summed E-state index contributed by atoms with van der Waals surface area (Å²) in [5.41, 5.74) is 2.30. The molecule has 4 rings (SSSR count). The zero-order valence-electron chi connectivity index (χ0n) is 16.9. The Labute approximate surface area is 178 Å². The fraction of sp³-hybridized carbons (Fsp3) is 0.217. The van der Waals surface area contributed by atoms with Crippen LogP contribution in [0, 0.1) is 0 Å². The number of nitrogens with zero attached hydrogens (tertiary/aromatic N) is 3. The lowest BCUT2D eigenvalue weighted by Crippen LogP contribution is -2.29. The van der Waals surface area contributed by atoms with Gasteiger partial charge in [0.1, 0.15) is 5.76 Å². The smallest absolute Gasteiger partial charge is 0.301 e. The average molecular weight is 420 g/mol. The first-order chi connectivity index (χ1) is 14.3. The maximum Gasteiger partial charge on any atom is 0.301 e. The van der Waals surface area contributed by atoms with Gasteiger partial charge in [0.05, 0.1) is 11.6 Å². The lowest BCUT2D eigenvalue weighted by molar-refractivity contribution is -0.132. The first-order valence-corrected chi connectivity index (χ1v) is 10.4. The fourth-order valence-corrected chi connectivity index (χ4v) is 4.18. The number of pyridine rings is 1. The number of hydrogen-bond donors (Lipinski definition) is 1. The van der Waals surface area contributed by atoms with Crippen LogP contribution in [0.25, 0.3) is 5.76 Å². The Hall–Kier alpha value is -3.32. The summed E-state index contributed by atoms with van der Waals surface area (Å²) in [5, 5.41) is 13.1. The van der Waals surface area contributed by atoms with E-state index in [9.17, 15) is 14.7 Å². The molecule has 1 saturated heterocycles. The molecular weight excluding hydrogens is 398 g/mol. The van der Waals surface area contributed by atoms with Gasteiger partial charge in [0.2, 0.25) is 0 Å². The topological polar surface area (TPSA) is 83.4 Å². The molecule has 1 amide bonds. The molecule has 0 aliphatic carbocycles. The number of amides is 1. The second-order valence-electron chi connectivity index (χ2n) is 8.09. The minimum absolute atomic E-state index is 0.0350. The van der Waals surface area contributed by atoms with Crippen molar-refractivity contribution in [1.29, 1.82) is 0 Å². The molecule has 1 unspecified atom stereocenters. The molecular formula is C23H21N3O3S. The normalized spacial score (nSPS) is 18.8. The molecule has 1 atom stereocenters. The molecule has 3 aromatic rings. The van der Waals surface area contributed by atoms with Gasteiger partial charge in [-0.05, 0) is 28.7 Å². The van der Waals surface area contributed by atoms with Crippen molar-refractivity contribution in [3.8, 4) is 0 Å². The molecule has 6 nitrogen and oxygen atoms in total. The number of aliphatic hydroxyl groups is 1. The summed E-state index contributed by atoms with van der Waals surface area (Å²) >= 11 is 1.27. The maximum atomic E-state index is 13.0. The molecule has 0 saturated carbocycles. The third-order valence-electron chi connectivity index (χ3n) is 5.12. The Balaban J connectivity index is 1.90. The Morgan fingerprint density at radius 2 is 1.70 bits per heavy atom. The number of carbonyl (C=O) groups excluding carboxylic acids is 2. The van der Waals surface area contributed by atoms with Gasteiger partial charge < -0.3 is 5.11 Å². The Morgan fingerprint density at radius 1 is 1.03 bits per heavy atom. The Bertz CT molecular complexity index is 1110. The van der Waals surface area contributed by atoms with E-state index < -0.39 is 17.7 Å². The summed E-state index contributed by atoms with van der Waals surface area (Å²) in [5.74, 6) is -1.66. The molecule has 1 aliphatic heterocycles. The SMILES string of the molecule is CC(C)(C)c1ccc(C2C(=C(O)c3ccncc3)C(=O)C(=O)N2c2nccs2)cc1. The van der Waals surface area contributed by atoms with Gasteiger partial charge in [-0.1, -0.05) is 45.0 Å². The summed E-state index contributed by atoms with van der Waals surface area (Å²) in [6.07, 6.45) is 4.64. The first-order valence-electron chi connectivity index (χ1n) is 9.50. The Kier molecular flexibility index (Phi) is 4.99. The highest BCUT2D eigenvalue weighted by molar-refractivity contribution is 7.14. The van der Waals surface area contributed by atoms with E-state index in [0.29, 0.717) is 10.7 Å². The molecule has 1 fully saturated rings. The molecule has 0 radical (unpaired) electrons. The predicted octanol–water partition coefficient (Wildman–Crippen LogP) is 4.46. The lowest BCUT2D eigenvalue weighted by Gasteiger charge is -2.24. The largest absolute Gasteiger partial charge is 0.507 e. The van der Waals surface area contributed by atoms with Crippen LogP contribution < -0.4 is 4.90 Å². The van der Waals surface area contributed by atoms with E-state index in [2.05, 4.69) is 30.7 Å².